The lowest BCUT2D eigenvalue weighted by atomic mass is 9.76. The van der Waals surface area contributed by atoms with Crippen LogP contribution in [0.1, 0.15) is 64.8 Å². The van der Waals surface area contributed by atoms with Crippen LogP contribution in [0, 0.1) is 0 Å². The molecule has 0 aliphatic carbocycles. The van der Waals surface area contributed by atoms with Crippen LogP contribution >= 0.6 is 0 Å². The highest BCUT2D eigenvalue weighted by Crippen LogP contribution is 2.37. The van der Waals surface area contributed by atoms with Crippen molar-refractivity contribution in [1.29, 1.82) is 0 Å². The molecular weight excluding hydrogens is 319 g/mol. The Hall–Kier alpha value is -0.885. The summed E-state index contributed by atoms with van der Waals surface area (Å²) in [5.41, 5.74) is 2.54. The Morgan fingerprint density at radius 3 is 2.60 bits per heavy atom. The van der Waals surface area contributed by atoms with Gasteiger partial charge in [0.05, 0.1) is 23.5 Å². The lowest BCUT2D eigenvalue weighted by molar-refractivity contribution is -0.169. The average Bonchev–Trinajstić information content (AvgIpc) is 3.18. The fraction of sp³-hybridized carbons (Fsp3) is 0.833. The van der Waals surface area contributed by atoms with Crippen molar-refractivity contribution in [3.8, 4) is 0 Å². The first-order valence-corrected chi connectivity index (χ1v) is 9.55. The van der Waals surface area contributed by atoms with Crippen molar-refractivity contribution in [3.63, 3.8) is 0 Å². The predicted molar refractivity (Wildman–Crippen MR) is 94.6 cm³/mol. The number of hydrogen-bond donors (Lipinski definition) is 0. The van der Waals surface area contributed by atoms with E-state index in [0.717, 1.165) is 56.4 Å². The van der Waals surface area contributed by atoms with E-state index in [1.54, 1.807) is 0 Å². The number of aryl methyl sites for hydroxylation is 1. The largest absolute Gasteiger partial charge is 0.498 e. The van der Waals surface area contributed by atoms with Gasteiger partial charge in [-0.3, -0.25) is 4.68 Å². The molecule has 0 spiro atoms. The summed E-state index contributed by atoms with van der Waals surface area (Å²) in [7, 11) is -0.377. The molecule has 0 radical (unpaired) electrons. The van der Waals surface area contributed by atoms with Crippen LogP contribution in [0.15, 0.2) is 0 Å². The Labute approximate surface area is 150 Å². The van der Waals surface area contributed by atoms with Gasteiger partial charge in [0.1, 0.15) is 0 Å². The van der Waals surface area contributed by atoms with Gasteiger partial charge in [-0.1, -0.05) is 0 Å². The molecule has 1 aromatic heterocycles. The van der Waals surface area contributed by atoms with E-state index in [2.05, 4.69) is 32.4 Å². The number of ether oxygens (including phenoxy) is 2. The zero-order chi connectivity index (χ0) is 17.7. The van der Waals surface area contributed by atoms with Gasteiger partial charge in [-0.15, -0.1) is 0 Å². The summed E-state index contributed by atoms with van der Waals surface area (Å²) in [6.45, 7) is 10.5. The maximum absolute atomic E-state index is 6.30. The van der Waals surface area contributed by atoms with Crippen LogP contribution in [0.2, 0.25) is 0 Å². The maximum Gasteiger partial charge on any atom is 0.498 e. The average molecular weight is 348 g/mol. The minimum Gasteiger partial charge on any atom is -0.399 e. The quantitative estimate of drug-likeness (QED) is 0.781. The zero-order valence-corrected chi connectivity index (χ0v) is 15.8. The predicted octanol–water partition coefficient (Wildman–Crippen LogP) is 2.17. The maximum atomic E-state index is 6.30. The molecule has 0 amide bonds. The van der Waals surface area contributed by atoms with Crippen molar-refractivity contribution in [2.75, 3.05) is 6.61 Å². The Morgan fingerprint density at radius 1 is 1.16 bits per heavy atom. The minimum absolute atomic E-state index is 0.114. The molecule has 2 saturated heterocycles. The van der Waals surface area contributed by atoms with Crippen LogP contribution < -0.4 is 5.46 Å². The van der Waals surface area contributed by atoms with Gasteiger partial charge in [0.25, 0.3) is 0 Å². The number of nitrogens with zero attached hydrogens (tertiary/aromatic N) is 2. The van der Waals surface area contributed by atoms with Gasteiger partial charge >= 0.3 is 7.12 Å². The molecule has 0 bridgehead atoms. The topological polar surface area (TPSA) is 54.7 Å². The van der Waals surface area contributed by atoms with Crippen LogP contribution in [0.4, 0.5) is 0 Å². The van der Waals surface area contributed by atoms with Crippen molar-refractivity contribution >= 4 is 12.6 Å². The molecule has 0 N–H and O–H groups in total. The minimum atomic E-state index is -0.377. The van der Waals surface area contributed by atoms with Crippen LogP contribution in [0.5, 0.6) is 0 Å². The van der Waals surface area contributed by atoms with Crippen molar-refractivity contribution in [3.05, 3.63) is 11.4 Å². The third-order valence-corrected chi connectivity index (χ3v) is 5.99. The summed E-state index contributed by atoms with van der Waals surface area (Å²) >= 11 is 0. The molecule has 2 fully saturated rings. The van der Waals surface area contributed by atoms with Gasteiger partial charge in [0.15, 0.2) is 6.29 Å². The summed E-state index contributed by atoms with van der Waals surface area (Å²) < 4.78 is 26.4. The molecule has 1 atom stereocenters. The molecule has 0 saturated carbocycles. The highest BCUT2D eigenvalue weighted by Gasteiger charge is 2.53. The highest BCUT2D eigenvalue weighted by atomic mass is 16.7. The fourth-order valence-corrected chi connectivity index (χ4v) is 3.76. The standard InChI is InChI=1S/C18H29BN2O4/c1-17(2)18(3,4)25-19(24-17)16-13(20-21-10-7-8-14(16)21)12-23-15-9-5-6-11-22-15/h15H,5-12H2,1-4H3. The Kier molecular flexibility index (Phi) is 4.47. The summed E-state index contributed by atoms with van der Waals surface area (Å²) in [4.78, 5) is 0. The van der Waals surface area contributed by atoms with Crippen molar-refractivity contribution in [1.82, 2.24) is 9.78 Å². The van der Waals surface area contributed by atoms with E-state index in [0.29, 0.717) is 6.61 Å². The molecule has 3 aliphatic heterocycles. The van der Waals surface area contributed by atoms with Crippen LogP contribution in [-0.4, -0.2) is 41.0 Å². The number of hydrogen-bond acceptors (Lipinski definition) is 5. The van der Waals surface area contributed by atoms with E-state index in [1.807, 2.05) is 0 Å². The molecule has 3 aliphatic rings. The van der Waals surface area contributed by atoms with Gasteiger partial charge in [0.2, 0.25) is 0 Å². The van der Waals surface area contributed by atoms with E-state index < -0.39 is 0 Å². The van der Waals surface area contributed by atoms with E-state index in [1.165, 1.54) is 5.69 Å². The van der Waals surface area contributed by atoms with E-state index in [-0.39, 0.29) is 24.6 Å². The third-order valence-electron chi connectivity index (χ3n) is 5.99. The Morgan fingerprint density at radius 2 is 1.92 bits per heavy atom. The van der Waals surface area contributed by atoms with E-state index >= 15 is 0 Å². The third kappa shape index (κ3) is 3.16. The van der Waals surface area contributed by atoms with Crippen LogP contribution in [-0.2, 0) is 38.4 Å². The van der Waals surface area contributed by atoms with E-state index in [9.17, 15) is 0 Å². The zero-order valence-electron chi connectivity index (χ0n) is 15.8. The molecule has 4 rings (SSSR count). The smallest absolute Gasteiger partial charge is 0.399 e. The number of fused-ring (bicyclic) bond motifs is 1. The van der Waals surface area contributed by atoms with Crippen molar-refractivity contribution < 1.29 is 18.8 Å². The normalized spacial score (nSPS) is 27.7. The van der Waals surface area contributed by atoms with Gasteiger partial charge in [-0.2, -0.15) is 5.10 Å². The molecule has 6 nitrogen and oxygen atoms in total. The summed E-state index contributed by atoms with van der Waals surface area (Å²) in [6, 6.07) is 0. The van der Waals surface area contributed by atoms with Crippen molar-refractivity contribution in [2.45, 2.75) is 90.4 Å². The second-order valence-electron chi connectivity index (χ2n) is 8.33. The highest BCUT2D eigenvalue weighted by molar-refractivity contribution is 6.63. The van der Waals surface area contributed by atoms with Gasteiger partial charge in [-0.05, 0) is 59.8 Å². The molecule has 138 valence electrons. The first-order chi connectivity index (χ1) is 11.9. The fourth-order valence-electron chi connectivity index (χ4n) is 3.76. The molecular formula is C18H29BN2O4. The number of aromatic nitrogens is 2. The molecule has 25 heavy (non-hydrogen) atoms. The molecule has 7 heteroatoms. The first-order valence-electron chi connectivity index (χ1n) is 9.55. The second-order valence-corrected chi connectivity index (χ2v) is 8.33. The molecule has 1 unspecified atom stereocenters. The SMILES string of the molecule is CC1(C)OB(c2c(COC3CCCCO3)nn3c2CCC3)OC1(C)C. The van der Waals surface area contributed by atoms with Gasteiger partial charge < -0.3 is 18.8 Å². The Balaban J connectivity index is 1.56. The summed E-state index contributed by atoms with van der Waals surface area (Å²) in [6.07, 6.45) is 5.27. The van der Waals surface area contributed by atoms with Crippen LogP contribution in [0.25, 0.3) is 0 Å². The first kappa shape index (κ1) is 17.5. The van der Waals surface area contributed by atoms with Crippen LogP contribution in [0.3, 0.4) is 0 Å². The van der Waals surface area contributed by atoms with E-state index in [4.69, 9.17) is 23.9 Å². The molecule has 1 aromatic rings. The Bertz CT molecular complexity index is 621. The lowest BCUT2D eigenvalue weighted by Gasteiger charge is -2.32. The van der Waals surface area contributed by atoms with Crippen molar-refractivity contribution in [2.24, 2.45) is 0 Å². The second kappa shape index (κ2) is 6.37. The lowest BCUT2D eigenvalue weighted by Crippen LogP contribution is -2.41. The molecule has 0 aromatic carbocycles. The number of rotatable bonds is 4. The van der Waals surface area contributed by atoms with Gasteiger partial charge in [-0.25, -0.2) is 0 Å². The molecule has 4 heterocycles. The summed E-state index contributed by atoms with van der Waals surface area (Å²) in [5, 5.41) is 4.79. The monoisotopic (exact) mass is 348 g/mol. The van der Waals surface area contributed by atoms with Gasteiger partial charge in [0, 0.05) is 24.3 Å². The summed E-state index contributed by atoms with van der Waals surface area (Å²) in [5.74, 6) is 0.